The lowest BCUT2D eigenvalue weighted by Crippen LogP contribution is -2.19. The molecule has 5 heteroatoms. The SMILES string of the molecule is CC(C)(F)c1cc(CC(=O)O)c2c(c1)OCCO2. The topological polar surface area (TPSA) is 55.8 Å². The average molecular weight is 254 g/mol. The van der Waals surface area contributed by atoms with E-state index in [0.717, 1.165) is 0 Å². The van der Waals surface area contributed by atoms with E-state index in [4.69, 9.17) is 14.6 Å². The number of rotatable bonds is 3. The maximum Gasteiger partial charge on any atom is 0.307 e. The van der Waals surface area contributed by atoms with Gasteiger partial charge in [0, 0.05) is 5.56 Å². The Kier molecular flexibility index (Phi) is 3.15. The van der Waals surface area contributed by atoms with Crippen molar-refractivity contribution in [2.24, 2.45) is 0 Å². The van der Waals surface area contributed by atoms with Crippen molar-refractivity contribution < 1.29 is 23.8 Å². The number of hydrogen-bond acceptors (Lipinski definition) is 3. The maximum atomic E-state index is 14.0. The molecule has 0 saturated heterocycles. The third-order valence-electron chi connectivity index (χ3n) is 2.75. The molecule has 0 spiro atoms. The van der Waals surface area contributed by atoms with Gasteiger partial charge in [0.2, 0.25) is 0 Å². The largest absolute Gasteiger partial charge is 0.486 e. The summed E-state index contributed by atoms with van der Waals surface area (Å²) in [6, 6.07) is 3.10. The number of carboxylic acids is 1. The highest BCUT2D eigenvalue weighted by Gasteiger charge is 2.25. The summed E-state index contributed by atoms with van der Waals surface area (Å²) in [7, 11) is 0. The molecule has 18 heavy (non-hydrogen) atoms. The molecule has 0 bridgehead atoms. The summed E-state index contributed by atoms with van der Waals surface area (Å²) in [5.74, 6) is -0.155. The Hall–Kier alpha value is -1.78. The van der Waals surface area contributed by atoms with Gasteiger partial charge in [-0.05, 0) is 31.5 Å². The minimum absolute atomic E-state index is 0.213. The van der Waals surface area contributed by atoms with Crippen LogP contribution in [0.4, 0.5) is 4.39 Å². The molecule has 4 nitrogen and oxygen atoms in total. The van der Waals surface area contributed by atoms with Gasteiger partial charge in [0.05, 0.1) is 6.42 Å². The maximum absolute atomic E-state index is 14.0. The highest BCUT2D eigenvalue weighted by Crippen LogP contribution is 2.39. The zero-order valence-corrected chi connectivity index (χ0v) is 10.3. The van der Waals surface area contributed by atoms with E-state index in [1.165, 1.54) is 19.9 Å². The fraction of sp³-hybridized carbons (Fsp3) is 0.462. The fourth-order valence-electron chi connectivity index (χ4n) is 1.86. The normalized spacial score (nSPS) is 14.4. The summed E-state index contributed by atoms with van der Waals surface area (Å²) in [4.78, 5) is 10.8. The van der Waals surface area contributed by atoms with Crippen LogP contribution in [-0.2, 0) is 16.9 Å². The van der Waals surface area contributed by atoms with Gasteiger partial charge >= 0.3 is 5.97 Å². The van der Waals surface area contributed by atoms with Crippen LogP contribution in [0.15, 0.2) is 12.1 Å². The summed E-state index contributed by atoms with van der Waals surface area (Å²) in [6.45, 7) is 3.60. The molecule has 98 valence electrons. The van der Waals surface area contributed by atoms with Gasteiger partial charge < -0.3 is 14.6 Å². The minimum Gasteiger partial charge on any atom is -0.486 e. The molecule has 1 aliphatic heterocycles. The summed E-state index contributed by atoms with van der Waals surface area (Å²) in [6.07, 6.45) is -0.213. The van der Waals surface area contributed by atoms with Crippen LogP contribution in [0.2, 0.25) is 0 Å². The van der Waals surface area contributed by atoms with Crippen molar-refractivity contribution in [2.45, 2.75) is 25.9 Å². The molecule has 0 unspecified atom stereocenters. The standard InChI is InChI=1S/C13H15FO4/c1-13(2,14)9-5-8(6-11(15)16)12-10(7-9)17-3-4-18-12/h5,7H,3-4,6H2,1-2H3,(H,15,16). The van der Waals surface area contributed by atoms with E-state index in [1.54, 1.807) is 6.07 Å². The van der Waals surface area contributed by atoms with E-state index in [0.29, 0.717) is 35.8 Å². The van der Waals surface area contributed by atoms with Gasteiger partial charge in [0.15, 0.2) is 11.5 Å². The molecule has 1 N–H and O–H groups in total. The molecular weight excluding hydrogens is 239 g/mol. The molecule has 1 aliphatic rings. The smallest absolute Gasteiger partial charge is 0.307 e. The van der Waals surface area contributed by atoms with Crippen molar-refractivity contribution in [3.05, 3.63) is 23.3 Å². The van der Waals surface area contributed by atoms with Crippen LogP contribution in [0.5, 0.6) is 11.5 Å². The molecule has 0 aliphatic carbocycles. The van der Waals surface area contributed by atoms with Crippen molar-refractivity contribution in [3.63, 3.8) is 0 Å². The first kappa shape index (κ1) is 12.7. The number of hydrogen-bond donors (Lipinski definition) is 1. The third kappa shape index (κ3) is 2.55. The molecule has 2 rings (SSSR count). The van der Waals surface area contributed by atoms with Crippen LogP contribution in [0.25, 0.3) is 0 Å². The average Bonchev–Trinajstić information content (AvgIpc) is 2.27. The molecule has 1 aromatic rings. The second-order valence-electron chi connectivity index (χ2n) is 4.70. The van der Waals surface area contributed by atoms with Crippen molar-refractivity contribution >= 4 is 5.97 Å². The molecule has 0 aromatic heterocycles. The highest BCUT2D eigenvalue weighted by atomic mass is 19.1. The number of carboxylic acid groups (broad SMARTS) is 1. The number of carbonyl (C=O) groups is 1. The van der Waals surface area contributed by atoms with Gasteiger partial charge in [0.25, 0.3) is 0 Å². The zero-order chi connectivity index (χ0) is 13.3. The lowest BCUT2D eigenvalue weighted by atomic mass is 9.95. The van der Waals surface area contributed by atoms with Crippen molar-refractivity contribution in [2.75, 3.05) is 13.2 Å². The number of halogens is 1. The van der Waals surface area contributed by atoms with E-state index in [-0.39, 0.29) is 6.42 Å². The van der Waals surface area contributed by atoms with Gasteiger partial charge in [-0.2, -0.15) is 0 Å². The Morgan fingerprint density at radius 2 is 2.06 bits per heavy atom. The first-order chi connectivity index (χ1) is 8.38. The first-order valence-electron chi connectivity index (χ1n) is 5.71. The van der Waals surface area contributed by atoms with Crippen LogP contribution in [0.3, 0.4) is 0 Å². The predicted molar refractivity (Wildman–Crippen MR) is 62.9 cm³/mol. The van der Waals surface area contributed by atoms with Crippen molar-refractivity contribution in [1.29, 1.82) is 0 Å². The van der Waals surface area contributed by atoms with Gasteiger partial charge in [-0.15, -0.1) is 0 Å². The Morgan fingerprint density at radius 3 is 2.67 bits per heavy atom. The Bertz CT molecular complexity index is 477. The molecular formula is C13H15FO4. The van der Waals surface area contributed by atoms with Crippen LogP contribution < -0.4 is 9.47 Å². The molecule has 1 aromatic carbocycles. The summed E-state index contributed by atoms with van der Waals surface area (Å²) >= 11 is 0. The molecule has 0 fully saturated rings. The van der Waals surface area contributed by atoms with Gasteiger partial charge in [0.1, 0.15) is 18.9 Å². The fourth-order valence-corrected chi connectivity index (χ4v) is 1.86. The van der Waals surface area contributed by atoms with Crippen molar-refractivity contribution in [3.8, 4) is 11.5 Å². The molecule has 0 radical (unpaired) electrons. The summed E-state index contributed by atoms with van der Waals surface area (Å²) in [5.41, 5.74) is -0.716. The van der Waals surface area contributed by atoms with Crippen molar-refractivity contribution in [1.82, 2.24) is 0 Å². The van der Waals surface area contributed by atoms with Crippen LogP contribution in [0, 0.1) is 0 Å². The second kappa shape index (κ2) is 4.48. The summed E-state index contributed by atoms with van der Waals surface area (Å²) in [5, 5.41) is 8.87. The van der Waals surface area contributed by atoms with Crippen LogP contribution >= 0.6 is 0 Å². The lowest BCUT2D eigenvalue weighted by Gasteiger charge is -2.24. The molecule has 0 saturated carbocycles. The van der Waals surface area contributed by atoms with Crippen LogP contribution in [0.1, 0.15) is 25.0 Å². The Labute approximate surface area is 104 Å². The lowest BCUT2D eigenvalue weighted by molar-refractivity contribution is -0.136. The van der Waals surface area contributed by atoms with E-state index in [2.05, 4.69) is 0 Å². The zero-order valence-electron chi connectivity index (χ0n) is 10.3. The summed E-state index contributed by atoms with van der Waals surface area (Å²) < 4.78 is 24.8. The molecule has 0 atom stereocenters. The second-order valence-corrected chi connectivity index (χ2v) is 4.70. The van der Waals surface area contributed by atoms with E-state index in [1.807, 2.05) is 0 Å². The Balaban J connectivity index is 2.51. The highest BCUT2D eigenvalue weighted by molar-refractivity contribution is 5.72. The number of fused-ring (bicyclic) bond motifs is 1. The number of ether oxygens (including phenoxy) is 2. The van der Waals surface area contributed by atoms with E-state index >= 15 is 0 Å². The predicted octanol–water partition coefficient (Wildman–Crippen LogP) is 2.29. The van der Waals surface area contributed by atoms with Crippen LogP contribution in [-0.4, -0.2) is 24.3 Å². The van der Waals surface area contributed by atoms with Gasteiger partial charge in [-0.3, -0.25) is 4.79 Å². The van der Waals surface area contributed by atoms with E-state index < -0.39 is 11.6 Å². The van der Waals surface area contributed by atoms with E-state index in [9.17, 15) is 9.18 Å². The Morgan fingerprint density at radius 1 is 1.39 bits per heavy atom. The van der Waals surface area contributed by atoms with Gasteiger partial charge in [-0.1, -0.05) is 0 Å². The number of alkyl halides is 1. The monoisotopic (exact) mass is 254 g/mol. The third-order valence-corrected chi connectivity index (χ3v) is 2.75. The number of aliphatic carboxylic acids is 1. The first-order valence-corrected chi connectivity index (χ1v) is 5.71. The minimum atomic E-state index is -1.55. The molecule has 0 amide bonds. The quantitative estimate of drug-likeness (QED) is 0.899. The molecule has 1 heterocycles. The van der Waals surface area contributed by atoms with Gasteiger partial charge in [-0.25, -0.2) is 4.39 Å². The number of benzene rings is 1.